The molecule has 1 heterocycles. The predicted molar refractivity (Wildman–Crippen MR) is 34.5 cm³/mol. The molecule has 2 N–H and O–H groups in total. The van der Waals surface area contributed by atoms with Crippen molar-refractivity contribution in [1.29, 1.82) is 5.26 Å². The summed E-state index contributed by atoms with van der Waals surface area (Å²) in [4.78, 5) is 10.6. The summed E-state index contributed by atoms with van der Waals surface area (Å²) in [6, 6.07) is 1.69. The third-order valence-electron chi connectivity index (χ3n) is 1.22. The first-order valence-corrected chi connectivity index (χ1v) is 2.83. The number of primary amides is 1. The molecule has 0 atom stereocenters. The number of rotatable bonds is 1. The van der Waals surface area contributed by atoms with E-state index in [1.165, 1.54) is 6.92 Å². The molecule has 0 aromatic carbocycles. The molecule has 0 saturated carbocycles. The van der Waals surface area contributed by atoms with Gasteiger partial charge < -0.3 is 10.3 Å². The molecule has 0 bridgehead atoms. The third-order valence-corrected chi connectivity index (χ3v) is 1.22. The summed E-state index contributed by atoms with van der Waals surface area (Å²) in [6.07, 6.45) is 0. The zero-order valence-electron chi connectivity index (χ0n) is 5.79. The molecule has 0 fully saturated rings. The lowest BCUT2D eigenvalue weighted by Gasteiger charge is -1.86. The minimum Gasteiger partial charge on any atom is -0.365 e. The Morgan fingerprint density at radius 3 is 2.82 bits per heavy atom. The number of hydrogen-bond donors (Lipinski definition) is 1. The number of hydrogen-bond acceptors (Lipinski definition) is 4. The Labute approximate surface area is 62.4 Å². The number of aromatic nitrogens is 1. The van der Waals surface area contributed by atoms with E-state index in [1.807, 2.05) is 0 Å². The second-order valence-corrected chi connectivity index (χ2v) is 1.94. The van der Waals surface area contributed by atoms with Crippen molar-refractivity contribution >= 4 is 5.91 Å². The molecular formula is C6H5N3O2. The Balaban J connectivity index is 3.32. The number of nitriles is 1. The molecule has 0 spiro atoms. The summed E-state index contributed by atoms with van der Waals surface area (Å²) in [5.74, 6) is -0.422. The van der Waals surface area contributed by atoms with E-state index >= 15 is 0 Å². The van der Waals surface area contributed by atoms with Crippen LogP contribution in [0.3, 0.4) is 0 Å². The highest BCUT2D eigenvalue weighted by Gasteiger charge is 2.16. The van der Waals surface area contributed by atoms with Crippen LogP contribution in [0, 0.1) is 18.3 Å². The van der Waals surface area contributed by atoms with Gasteiger partial charge >= 0.3 is 0 Å². The van der Waals surface area contributed by atoms with Crippen LogP contribution in [0.5, 0.6) is 0 Å². The Kier molecular flexibility index (Phi) is 1.60. The molecule has 0 aliphatic heterocycles. The van der Waals surface area contributed by atoms with E-state index in [0.717, 1.165) is 0 Å². The number of carbonyl (C=O) groups is 1. The van der Waals surface area contributed by atoms with Crippen molar-refractivity contribution in [3.63, 3.8) is 0 Å². The third kappa shape index (κ3) is 1.05. The minimum absolute atomic E-state index is 0.0602. The smallest absolute Gasteiger partial charge is 0.255 e. The van der Waals surface area contributed by atoms with E-state index in [1.54, 1.807) is 6.07 Å². The first kappa shape index (κ1) is 7.28. The van der Waals surface area contributed by atoms with Crippen molar-refractivity contribution in [2.24, 2.45) is 5.73 Å². The van der Waals surface area contributed by atoms with Gasteiger partial charge in [-0.3, -0.25) is 4.79 Å². The predicted octanol–water partition coefficient (Wildman–Crippen LogP) is -0.0464. The zero-order chi connectivity index (χ0) is 8.43. The van der Waals surface area contributed by atoms with Crippen molar-refractivity contribution in [2.75, 3.05) is 0 Å². The fraction of sp³-hybridized carbons (Fsp3) is 0.167. The van der Waals surface area contributed by atoms with E-state index < -0.39 is 5.91 Å². The number of nitrogens with two attached hydrogens (primary N) is 1. The molecule has 1 amide bonds. The lowest BCUT2D eigenvalue weighted by Crippen LogP contribution is -2.12. The highest BCUT2D eigenvalue weighted by molar-refractivity contribution is 5.95. The van der Waals surface area contributed by atoms with Gasteiger partial charge in [0.05, 0.1) is 0 Å². The van der Waals surface area contributed by atoms with Gasteiger partial charge in [0.25, 0.3) is 5.91 Å². The number of nitrogens with zero attached hydrogens (tertiary/aromatic N) is 2. The molecule has 0 radical (unpaired) electrons. The van der Waals surface area contributed by atoms with Gasteiger partial charge in [-0.15, -0.1) is 0 Å². The number of aryl methyl sites for hydroxylation is 1. The molecule has 56 valence electrons. The Morgan fingerprint density at radius 2 is 2.45 bits per heavy atom. The van der Waals surface area contributed by atoms with Crippen LogP contribution in [0.1, 0.15) is 21.8 Å². The minimum atomic E-state index is -0.694. The molecule has 11 heavy (non-hydrogen) atoms. The molecule has 0 aliphatic carbocycles. The summed E-state index contributed by atoms with van der Waals surface area (Å²) in [6.45, 7) is 1.52. The van der Waals surface area contributed by atoms with E-state index in [0.29, 0.717) is 0 Å². The molecule has 0 saturated heterocycles. The zero-order valence-corrected chi connectivity index (χ0v) is 5.79. The van der Waals surface area contributed by atoms with Crippen LogP contribution in [-0.4, -0.2) is 11.1 Å². The van der Waals surface area contributed by atoms with E-state index in [-0.39, 0.29) is 17.0 Å². The van der Waals surface area contributed by atoms with Crippen LogP contribution in [0.25, 0.3) is 0 Å². The Bertz CT molecular complexity index is 334. The summed E-state index contributed by atoms with van der Waals surface area (Å²) in [5, 5.41) is 11.7. The second kappa shape index (κ2) is 2.42. The quantitative estimate of drug-likeness (QED) is 0.609. The Morgan fingerprint density at radius 1 is 1.82 bits per heavy atom. The molecule has 0 unspecified atom stereocenters. The van der Waals surface area contributed by atoms with E-state index in [4.69, 9.17) is 11.0 Å². The summed E-state index contributed by atoms with van der Waals surface area (Å²) >= 11 is 0. The first-order chi connectivity index (χ1) is 5.16. The van der Waals surface area contributed by atoms with Gasteiger partial charge in [-0.05, 0) is 6.92 Å². The van der Waals surface area contributed by atoms with Gasteiger partial charge in [-0.25, -0.2) is 0 Å². The van der Waals surface area contributed by atoms with E-state index in [9.17, 15) is 4.79 Å². The highest BCUT2D eigenvalue weighted by atomic mass is 16.5. The van der Waals surface area contributed by atoms with Crippen LogP contribution >= 0.6 is 0 Å². The van der Waals surface area contributed by atoms with Crippen molar-refractivity contribution in [2.45, 2.75) is 6.92 Å². The summed E-state index contributed by atoms with van der Waals surface area (Å²) in [7, 11) is 0. The number of carbonyl (C=O) groups excluding carboxylic acids is 1. The SMILES string of the molecule is Cc1onc(C#N)c1C(N)=O. The van der Waals surface area contributed by atoms with Crippen molar-refractivity contribution in [1.82, 2.24) is 5.16 Å². The van der Waals surface area contributed by atoms with Crippen LogP contribution in [-0.2, 0) is 0 Å². The van der Waals surface area contributed by atoms with Gasteiger partial charge in [0, 0.05) is 0 Å². The maximum absolute atomic E-state index is 10.6. The molecule has 5 heteroatoms. The Hall–Kier alpha value is -1.83. The lowest BCUT2D eigenvalue weighted by atomic mass is 10.2. The standard InChI is InChI=1S/C6H5N3O2/c1-3-5(6(8)10)4(2-7)9-11-3/h1H3,(H2,8,10). The van der Waals surface area contributed by atoms with E-state index in [2.05, 4.69) is 9.68 Å². The fourth-order valence-electron chi connectivity index (χ4n) is 0.739. The van der Waals surface area contributed by atoms with Crippen LogP contribution in [0.4, 0.5) is 0 Å². The van der Waals surface area contributed by atoms with Crippen molar-refractivity contribution in [3.05, 3.63) is 17.0 Å². The second-order valence-electron chi connectivity index (χ2n) is 1.94. The molecular weight excluding hydrogens is 146 g/mol. The van der Waals surface area contributed by atoms with Gasteiger partial charge in [0.1, 0.15) is 17.4 Å². The van der Waals surface area contributed by atoms with Crippen LogP contribution in [0.15, 0.2) is 4.52 Å². The summed E-state index contributed by atoms with van der Waals surface area (Å²) < 4.78 is 4.57. The first-order valence-electron chi connectivity index (χ1n) is 2.83. The van der Waals surface area contributed by atoms with Crippen molar-refractivity contribution in [3.8, 4) is 6.07 Å². The van der Waals surface area contributed by atoms with Gasteiger partial charge in [0.15, 0.2) is 5.69 Å². The normalized spacial score (nSPS) is 9.09. The molecule has 0 aliphatic rings. The molecule has 5 nitrogen and oxygen atoms in total. The van der Waals surface area contributed by atoms with Crippen LogP contribution < -0.4 is 5.73 Å². The molecule has 1 aromatic heterocycles. The average Bonchev–Trinajstić information content (AvgIpc) is 2.30. The highest BCUT2D eigenvalue weighted by Crippen LogP contribution is 2.10. The van der Waals surface area contributed by atoms with Gasteiger partial charge in [-0.1, -0.05) is 5.16 Å². The topological polar surface area (TPSA) is 92.9 Å². The van der Waals surface area contributed by atoms with Crippen LogP contribution in [0.2, 0.25) is 0 Å². The molecule has 1 rings (SSSR count). The van der Waals surface area contributed by atoms with Gasteiger partial charge in [-0.2, -0.15) is 5.26 Å². The fourth-order valence-corrected chi connectivity index (χ4v) is 0.739. The monoisotopic (exact) mass is 151 g/mol. The molecule has 1 aromatic rings. The average molecular weight is 151 g/mol. The van der Waals surface area contributed by atoms with Gasteiger partial charge in [0.2, 0.25) is 0 Å². The lowest BCUT2D eigenvalue weighted by molar-refractivity contribution is 0.0998. The maximum Gasteiger partial charge on any atom is 0.255 e. The van der Waals surface area contributed by atoms with Crippen molar-refractivity contribution < 1.29 is 9.32 Å². The maximum atomic E-state index is 10.6. The summed E-state index contributed by atoms with van der Waals surface area (Å²) in [5.41, 5.74) is 4.95. The largest absolute Gasteiger partial charge is 0.365 e. The number of amides is 1.